The second-order valence-corrected chi connectivity index (χ2v) is 9.12. The fourth-order valence-corrected chi connectivity index (χ4v) is 5.64. The molecule has 0 spiro atoms. The molecule has 2 atom stereocenters. The van der Waals surface area contributed by atoms with E-state index in [1.54, 1.807) is 13.0 Å². The summed E-state index contributed by atoms with van der Waals surface area (Å²) in [6, 6.07) is 7.52. The number of benzene rings is 1. The van der Waals surface area contributed by atoms with Gasteiger partial charge in [-0.2, -0.15) is 0 Å². The maximum absolute atomic E-state index is 14.1. The maximum atomic E-state index is 14.1. The quantitative estimate of drug-likeness (QED) is 0.843. The predicted molar refractivity (Wildman–Crippen MR) is 112 cm³/mol. The lowest BCUT2D eigenvalue weighted by Crippen LogP contribution is -2.60. The van der Waals surface area contributed by atoms with E-state index in [2.05, 4.69) is 9.80 Å². The van der Waals surface area contributed by atoms with Crippen LogP contribution in [0.15, 0.2) is 24.3 Å². The molecule has 0 aromatic heterocycles. The number of carbonyl (C=O) groups is 1. The SMILES string of the molecule is CC(=O)N1CCCC[C@@H]2[C@H]1CCCN2CC1(O)CCN(c2ccccc2F)CC1. The average molecular weight is 404 g/mol. The van der Waals surface area contributed by atoms with Gasteiger partial charge in [-0.15, -0.1) is 0 Å². The Morgan fingerprint density at radius 2 is 1.79 bits per heavy atom. The number of para-hydroxylation sites is 1. The number of halogens is 1. The number of piperidine rings is 2. The average Bonchev–Trinajstić information content (AvgIpc) is 2.93. The molecule has 29 heavy (non-hydrogen) atoms. The van der Waals surface area contributed by atoms with E-state index in [-0.39, 0.29) is 17.8 Å². The van der Waals surface area contributed by atoms with E-state index in [0.29, 0.717) is 44.2 Å². The first-order chi connectivity index (χ1) is 14.0. The number of anilines is 1. The van der Waals surface area contributed by atoms with E-state index >= 15 is 0 Å². The standard InChI is InChI=1S/C23H34FN3O2/c1-18(28)27-14-5-4-9-21-22(27)10-6-13-26(21)17-23(29)11-15-25(16-12-23)20-8-3-2-7-19(20)24/h2-3,7-8,21-22,29H,4-6,9-17H2,1H3/t21-,22-/m1/s1. The molecule has 3 aliphatic rings. The van der Waals surface area contributed by atoms with Crippen LogP contribution in [-0.4, -0.2) is 71.2 Å². The third-order valence-electron chi connectivity index (χ3n) is 7.20. The van der Waals surface area contributed by atoms with Gasteiger partial charge in [0.05, 0.1) is 11.3 Å². The summed E-state index contributed by atoms with van der Waals surface area (Å²) in [6.07, 6.45) is 6.75. The molecular formula is C23H34FN3O2. The van der Waals surface area contributed by atoms with Crippen LogP contribution >= 0.6 is 0 Å². The van der Waals surface area contributed by atoms with Crippen molar-refractivity contribution in [1.29, 1.82) is 0 Å². The highest BCUT2D eigenvalue weighted by molar-refractivity contribution is 5.73. The van der Waals surface area contributed by atoms with E-state index in [1.807, 2.05) is 17.0 Å². The molecule has 5 nitrogen and oxygen atoms in total. The van der Waals surface area contributed by atoms with Gasteiger partial charge in [-0.05, 0) is 57.2 Å². The van der Waals surface area contributed by atoms with Gasteiger partial charge in [0.1, 0.15) is 5.82 Å². The summed E-state index contributed by atoms with van der Waals surface area (Å²) in [5.41, 5.74) is -0.106. The van der Waals surface area contributed by atoms with Crippen LogP contribution in [0.3, 0.4) is 0 Å². The predicted octanol–water partition coefficient (Wildman–Crippen LogP) is 3.02. The van der Waals surface area contributed by atoms with Crippen molar-refractivity contribution >= 4 is 11.6 Å². The zero-order chi connectivity index (χ0) is 20.4. The monoisotopic (exact) mass is 403 g/mol. The zero-order valence-electron chi connectivity index (χ0n) is 17.5. The Hall–Kier alpha value is -1.66. The van der Waals surface area contributed by atoms with Crippen LogP contribution in [0.25, 0.3) is 0 Å². The second kappa shape index (κ2) is 8.60. The van der Waals surface area contributed by atoms with Crippen LogP contribution in [0.4, 0.5) is 10.1 Å². The highest BCUT2D eigenvalue weighted by atomic mass is 19.1. The third kappa shape index (κ3) is 4.43. The normalized spacial score (nSPS) is 28.0. The molecule has 4 rings (SSSR count). The Labute approximate surface area is 173 Å². The van der Waals surface area contributed by atoms with Crippen LogP contribution in [-0.2, 0) is 4.79 Å². The van der Waals surface area contributed by atoms with Crippen LogP contribution in [0.5, 0.6) is 0 Å². The van der Waals surface area contributed by atoms with Crippen molar-refractivity contribution in [3.05, 3.63) is 30.1 Å². The fraction of sp³-hybridized carbons (Fsp3) is 0.696. The number of amides is 1. The van der Waals surface area contributed by atoms with Gasteiger partial charge in [-0.25, -0.2) is 4.39 Å². The molecule has 3 fully saturated rings. The van der Waals surface area contributed by atoms with E-state index < -0.39 is 5.60 Å². The van der Waals surface area contributed by atoms with Crippen LogP contribution < -0.4 is 4.90 Å². The van der Waals surface area contributed by atoms with Gasteiger partial charge in [0.15, 0.2) is 0 Å². The van der Waals surface area contributed by atoms with Gasteiger partial charge in [-0.1, -0.05) is 18.6 Å². The smallest absolute Gasteiger partial charge is 0.219 e. The fourth-order valence-electron chi connectivity index (χ4n) is 5.64. The number of carbonyl (C=O) groups excluding carboxylic acids is 1. The first kappa shape index (κ1) is 20.6. The minimum atomic E-state index is -0.739. The van der Waals surface area contributed by atoms with E-state index in [4.69, 9.17) is 0 Å². The van der Waals surface area contributed by atoms with Crippen molar-refractivity contribution in [2.75, 3.05) is 37.6 Å². The zero-order valence-corrected chi connectivity index (χ0v) is 17.5. The number of rotatable bonds is 3. The van der Waals surface area contributed by atoms with Crippen LogP contribution in [0.1, 0.15) is 51.9 Å². The molecule has 1 aromatic rings. The maximum Gasteiger partial charge on any atom is 0.219 e. The summed E-state index contributed by atoms with van der Waals surface area (Å²) < 4.78 is 14.1. The van der Waals surface area contributed by atoms with Gasteiger partial charge in [0.25, 0.3) is 0 Å². The van der Waals surface area contributed by atoms with Crippen molar-refractivity contribution in [3.8, 4) is 0 Å². The lowest BCUT2D eigenvalue weighted by molar-refractivity contribution is -0.134. The summed E-state index contributed by atoms with van der Waals surface area (Å²) in [6.45, 7) is 5.54. The number of β-amino-alcohol motifs (C(OH)–C–C–N with tert-alkyl or cyclic N) is 1. The van der Waals surface area contributed by atoms with E-state index in [0.717, 1.165) is 45.2 Å². The number of fused-ring (bicyclic) bond motifs is 1. The van der Waals surface area contributed by atoms with Gasteiger partial charge >= 0.3 is 0 Å². The number of aliphatic hydroxyl groups is 1. The Balaban J connectivity index is 1.42. The lowest BCUT2D eigenvalue weighted by atomic mass is 9.86. The summed E-state index contributed by atoms with van der Waals surface area (Å²) in [5, 5.41) is 11.4. The third-order valence-corrected chi connectivity index (χ3v) is 7.20. The molecular weight excluding hydrogens is 369 g/mol. The number of hydrogen-bond acceptors (Lipinski definition) is 4. The summed E-state index contributed by atoms with van der Waals surface area (Å²) >= 11 is 0. The van der Waals surface area contributed by atoms with E-state index in [1.165, 1.54) is 6.07 Å². The largest absolute Gasteiger partial charge is 0.388 e. The second-order valence-electron chi connectivity index (χ2n) is 9.12. The molecule has 1 amide bonds. The Morgan fingerprint density at radius 1 is 1.07 bits per heavy atom. The Morgan fingerprint density at radius 3 is 2.52 bits per heavy atom. The minimum Gasteiger partial charge on any atom is -0.388 e. The van der Waals surface area contributed by atoms with Gasteiger partial charge < -0.3 is 14.9 Å². The van der Waals surface area contributed by atoms with Crippen molar-refractivity contribution in [2.45, 2.75) is 69.6 Å². The van der Waals surface area contributed by atoms with Crippen molar-refractivity contribution < 1.29 is 14.3 Å². The summed E-state index contributed by atoms with van der Waals surface area (Å²) in [7, 11) is 0. The highest BCUT2D eigenvalue weighted by Gasteiger charge is 2.42. The number of hydrogen-bond donors (Lipinski definition) is 1. The lowest BCUT2D eigenvalue weighted by Gasteiger charge is -2.48. The first-order valence-electron chi connectivity index (χ1n) is 11.2. The molecule has 3 heterocycles. The molecule has 0 bridgehead atoms. The van der Waals surface area contributed by atoms with Gasteiger partial charge in [0.2, 0.25) is 5.91 Å². The van der Waals surface area contributed by atoms with Gasteiger partial charge in [-0.3, -0.25) is 9.69 Å². The molecule has 0 aliphatic carbocycles. The molecule has 0 saturated carbocycles. The first-order valence-corrected chi connectivity index (χ1v) is 11.2. The summed E-state index contributed by atoms with van der Waals surface area (Å²) in [5.74, 6) is -0.0137. The molecule has 0 unspecified atom stereocenters. The van der Waals surface area contributed by atoms with Gasteiger partial charge in [0, 0.05) is 45.2 Å². The molecule has 3 saturated heterocycles. The van der Waals surface area contributed by atoms with Crippen molar-refractivity contribution in [2.24, 2.45) is 0 Å². The topological polar surface area (TPSA) is 47.0 Å². The van der Waals surface area contributed by atoms with E-state index in [9.17, 15) is 14.3 Å². The minimum absolute atomic E-state index is 0.181. The van der Waals surface area contributed by atoms with Crippen LogP contribution in [0.2, 0.25) is 0 Å². The van der Waals surface area contributed by atoms with Crippen molar-refractivity contribution in [3.63, 3.8) is 0 Å². The molecule has 1 N–H and O–H groups in total. The van der Waals surface area contributed by atoms with Crippen molar-refractivity contribution in [1.82, 2.24) is 9.80 Å². The molecule has 6 heteroatoms. The van der Waals surface area contributed by atoms with Crippen LogP contribution in [0, 0.1) is 5.82 Å². The number of nitrogens with zero attached hydrogens (tertiary/aromatic N) is 3. The molecule has 160 valence electrons. The number of likely N-dealkylation sites (tertiary alicyclic amines) is 2. The Kier molecular flexibility index (Phi) is 6.11. The molecule has 3 aliphatic heterocycles. The Bertz CT molecular complexity index is 720. The highest BCUT2D eigenvalue weighted by Crippen LogP contribution is 2.34. The molecule has 0 radical (unpaired) electrons. The molecule has 1 aromatic carbocycles. The summed E-state index contributed by atoms with van der Waals surface area (Å²) in [4.78, 5) is 18.8.